The van der Waals surface area contributed by atoms with E-state index in [1.165, 1.54) is 0 Å². The van der Waals surface area contributed by atoms with Crippen LogP contribution in [0, 0.1) is 6.92 Å². The standard InChI is InChI=1S/C13H15ClO3/c1-3-17-13(16)10-5-4-9(2)11(8-10)12(15)6-7-14/h4-5,8H,3,6-7H2,1-2H3. The average Bonchev–Trinajstić information content (AvgIpc) is 2.30. The molecule has 1 aromatic carbocycles. The zero-order valence-electron chi connectivity index (χ0n) is 9.96. The number of carbonyl (C=O) groups is 2. The number of hydrogen-bond donors (Lipinski definition) is 0. The van der Waals surface area contributed by atoms with E-state index in [0.29, 0.717) is 17.7 Å². The van der Waals surface area contributed by atoms with Crippen LogP contribution in [-0.4, -0.2) is 24.2 Å². The summed E-state index contributed by atoms with van der Waals surface area (Å²) >= 11 is 5.54. The fourth-order valence-corrected chi connectivity index (χ4v) is 1.66. The number of halogens is 1. The van der Waals surface area contributed by atoms with Crippen molar-refractivity contribution < 1.29 is 14.3 Å². The van der Waals surface area contributed by atoms with E-state index in [1.807, 2.05) is 6.92 Å². The van der Waals surface area contributed by atoms with Gasteiger partial charge in [0.25, 0.3) is 0 Å². The first-order valence-electron chi connectivity index (χ1n) is 5.47. The molecule has 0 fully saturated rings. The lowest BCUT2D eigenvalue weighted by atomic mass is 10.0. The summed E-state index contributed by atoms with van der Waals surface area (Å²) in [6.07, 6.45) is 0.272. The molecule has 0 spiro atoms. The average molecular weight is 255 g/mol. The molecular weight excluding hydrogens is 240 g/mol. The van der Waals surface area contributed by atoms with Crippen LogP contribution in [0.5, 0.6) is 0 Å². The first-order valence-corrected chi connectivity index (χ1v) is 6.00. The highest BCUT2D eigenvalue weighted by Gasteiger charge is 2.13. The van der Waals surface area contributed by atoms with E-state index in [2.05, 4.69) is 0 Å². The Morgan fingerprint density at radius 2 is 2.06 bits per heavy atom. The number of Topliss-reactive ketones (excluding diaryl/α,β-unsaturated/α-hetero) is 1. The first-order chi connectivity index (χ1) is 8.10. The Kier molecular flexibility index (Phi) is 5.16. The van der Waals surface area contributed by atoms with Crippen molar-refractivity contribution in [2.45, 2.75) is 20.3 Å². The fourth-order valence-electron chi connectivity index (χ4n) is 1.48. The lowest BCUT2D eigenvalue weighted by Crippen LogP contribution is -2.08. The lowest BCUT2D eigenvalue weighted by molar-refractivity contribution is 0.0526. The highest BCUT2D eigenvalue weighted by atomic mass is 35.5. The molecule has 0 aliphatic heterocycles. The number of aryl methyl sites for hydroxylation is 1. The Hall–Kier alpha value is -1.35. The van der Waals surface area contributed by atoms with Crippen LogP contribution < -0.4 is 0 Å². The number of alkyl halides is 1. The summed E-state index contributed by atoms with van der Waals surface area (Å²) in [5, 5.41) is 0. The molecule has 0 atom stereocenters. The topological polar surface area (TPSA) is 43.4 Å². The van der Waals surface area contributed by atoms with Gasteiger partial charge in [-0.1, -0.05) is 6.07 Å². The molecule has 0 saturated heterocycles. The fraction of sp³-hybridized carbons (Fsp3) is 0.385. The van der Waals surface area contributed by atoms with Crippen LogP contribution in [0.25, 0.3) is 0 Å². The predicted molar refractivity (Wildman–Crippen MR) is 66.8 cm³/mol. The number of ketones is 1. The molecule has 1 aromatic rings. The van der Waals surface area contributed by atoms with Crippen LogP contribution in [0.4, 0.5) is 0 Å². The van der Waals surface area contributed by atoms with Crippen LogP contribution in [0.2, 0.25) is 0 Å². The van der Waals surface area contributed by atoms with Gasteiger partial charge in [-0.3, -0.25) is 4.79 Å². The van der Waals surface area contributed by atoms with Crippen molar-refractivity contribution in [1.29, 1.82) is 0 Å². The van der Waals surface area contributed by atoms with E-state index >= 15 is 0 Å². The minimum atomic E-state index is -0.410. The summed E-state index contributed by atoms with van der Waals surface area (Å²) in [7, 11) is 0. The number of benzene rings is 1. The zero-order valence-corrected chi connectivity index (χ0v) is 10.7. The Labute approximate surface area is 106 Å². The minimum Gasteiger partial charge on any atom is -0.462 e. The summed E-state index contributed by atoms with van der Waals surface area (Å²) in [6.45, 7) is 3.89. The Morgan fingerprint density at radius 1 is 1.35 bits per heavy atom. The minimum absolute atomic E-state index is 0.0522. The first kappa shape index (κ1) is 13.7. The van der Waals surface area contributed by atoms with E-state index < -0.39 is 5.97 Å². The summed E-state index contributed by atoms with van der Waals surface area (Å²) < 4.78 is 4.89. The smallest absolute Gasteiger partial charge is 0.338 e. The second kappa shape index (κ2) is 6.40. The van der Waals surface area contributed by atoms with Crippen molar-refractivity contribution in [2.24, 2.45) is 0 Å². The normalized spacial score (nSPS) is 10.1. The molecule has 0 saturated carbocycles. The molecule has 0 bridgehead atoms. The quantitative estimate of drug-likeness (QED) is 0.461. The lowest BCUT2D eigenvalue weighted by Gasteiger charge is -2.07. The van der Waals surface area contributed by atoms with Gasteiger partial charge in [-0.15, -0.1) is 11.6 Å². The maximum Gasteiger partial charge on any atom is 0.338 e. The molecule has 0 heterocycles. The number of carbonyl (C=O) groups excluding carboxylic acids is 2. The van der Waals surface area contributed by atoms with Crippen LogP contribution in [0.15, 0.2) is 18.2 Å². The maximum atomic E-state index is 11.8. The number of ether oxygens (including phenoxy) is 1. The van der Waals surface area contributed by atoms with Gasteiger partial charge in [0.2, 0.25) is 0 Å². The molecule has 0 aromatic heterocycles. The molecule has 0 unspecified atom stereocenters. The highest BCUT2D eigenvalue weighted by molar-refractivity contribution is 6.19. The van der Waals surface area contributed by atoms with Gasteiger partial charge in [-0.25, -0.2) is 4.79 Å². The van der Waals surface area contributed by atoms with Crippen LogP contribution in [0.1, 0.15) is 39.6 Å². The van der Waals surface area contributed by atoms with E-state index in [0.717, 1.165) is 5.56 Å². The zero-order chi connectivity index (χ0) is 12.8. The van der Waals surface area contributed by atoms with Crippen molar-refractivity contribution in [3.63, 3.8) is 0 Å². The summed E-state index contributed by atoms with van der Waals surface area (Å²) in [6, 6.07) is 4.97. The van der Waals surface area contributed by atoms with E-state index in [1.54, 1.807) is 25.1 Å². The SMILES string of the molecule is CCOC(=O)c1ccc(C)c(C(=O)CCCl)c1. The van der Waals surface area contributed by atoms with Crippen LogP contribution in [-0.2, 0) is 4.74 Å². The molecular formula is C13H15ClO3. The van der Waals surface area contributed by atoms with Gasteiger partial charge in [0.15, 0.2) is 5.78 Å². The van der Waals surface area contributed by atoms with Crippen molar-refractivity contribution in [3.8, 4) is 0 Å². The summed E-state index contributed by atoms with van der Waals surface area (Å²) in [4.78, 5) is 23.3. The third-order valence-corrected chi connectivity index (χ3v) is 2.56. The van der Waals surface area contributed by atoms with Gasteiger partial charge in [-0.05, 0) is 31.5 Å². The van der Waals surface area contributed by atoms with E-state index in [4.69, 9.17) is 16.3 Å². The molecule has 17 heavy (non-hydrogen) atoms. The number of esters is 1. The second-order valence-corrected chi connectivity index (χ2v) is 3.99. The van der Waals surface area contributed by atoms with Crippen molar-refractivity contribution in [3.05, 3.63) is 34.9 Å². The maximum absolute atomic E-state index is 11.8. The van der Waals surface area contributed by atoms with Gasteiger partial charge in [-0.2, -0.15) is 0 Å². The molecule has 3 nitrogen and oxygen atoms in total. The third-order valence-electron chi connectivity index (χ3n) is 2.37. The summed E-state index contributed by atoms with van der Waals surface area (Å²) in [5.74, 6) is -0.182. The molecule has 1 rings (SSSR count). The highest BCUT2D eigenvalue weighted by Crippen LogP contribution is 2.14. The summed E-state index contributed by atoms with van der Waals surface area (Å²) in [5.41, 5.74) is 1.78. The van der Waals surface area contributed by atoms with Gasteiger partial charge < -0.3 is 4.74 Å². The molecule has 0 N–H and O–H groups in total. The van der Waals surface area contributed by atoms with Gasteiger partial charge in [0, 0.05) is 17.9 Å². The number of hydrogen-bond acceptors (Lipinski definition) is 3. The van der Waals surface area contributed by atoms with Crippen molar-refractivity contribution >= 4 is 23.4 Å². The molecule has 0 radical (unpaired) electrons. The second-order valence-electron chi connectivity index (χ2n) is 3.61. The molecule has 0 aliphatic carbocycles. The van der Waals surface area contributed by atoms with Gasteiger partial charge in [0.05, 0.1) is 12.2 Å². The van der Waals surface area contributed by atoms with Crippen LogP contribution >= 0.6 is 11.6 Å². The van der Waals surface area contributed by atoms with Crippen molar-refractivity contribution in [1.82, 2.24) is 0 Å². The molecule has 4 heteroatoms. The van der Waals surface area contributed by atoms with E-state index in [9.17, 15) is 9.59 Å². The van der Waals surface area contributed by atoms with Gasteiger partial charge in [0.1, 0.15) is 0 Å². The Bertz CT molecular complexity index is 427. The van der Waals surface area contributed by atoms with E-state index in [-0.39, 0.29) is 18.1 Å². The molecule has 0 aliphatic rings. The Morgan fingerprint density at radius 3 is 2.65 bits per heavy atom. The molecule has 0 amide bonds. The largest absolute Gasteiger partial charge is 0.462 e. The van der Waals surface area contributed by atoms with Gasteiger partial charge >= 0.3 is 5.97 Å². The Balaban J connectivity index is 3.02. The molecule has 92 valence electrons. The van der Waals surface area contributed by atoms with Crippen molar-refractivity contribution in [2.75, 3.05) is 12.5 Å². The monoisotopic (exact) mass is 254 g/mol. The third kappa shape index (κ3) is 3.56. The number of rotatable bonds is 5. The predicted octanol–water partition coefficient (Wildman–Crippen LogP) is 2.98. The van der Waals surface area contributed by atoms with Crippen LogP contribution in [0.3, 0.4) is 0 Å².